The van der Waals surface area contributed by atoms with Gasteiger partial charge in [-0.15, -0.1) is 0 Å². The standard InChI is InChI=1S/C12H15N3O2/c1-17-12(16)8-2-3-11(14-5-8)15-7-9-4-10(15)6-13-9/h2-3,5,9-10,13H,4,6-7H2,1H3. The van der Waals surface area contributed by atoms with Gasteiger partial charge in [-0.1, -0.05) is 0 Å². The lowest BCUT2D eigenvalue weighted by Gasteiger charge is -2.28. The molecule has 0 aliphatic carbocycles. The Morgan fingerprint density at radius 1 is 1.59 bits per heavy atom. The SMILES string of the molecule is COC(=O)c1ccc(N2CC3CC2CN3)nc1. The predicted molar refractivity (Wildman–Crippen MR) is 63.1 cm³/mol. The van der Waals surface area contributed by atoms with E-state index in [1.807, 2.05) is 6.07 Å². The molecule has 3 heterocycles. The fourth-order valence-electron chi connectivity index (χ4n) is 2.64. The van der Waals surface area contributed by atoms with Crippen molar-refractivity contribution in [1.29, 1.82) is 0 Å². The van der Waals surface area contributed by atoms with Gasteiger partial charge >= 0.3 is 5.97 Å². The van der Waals surface area contributed by atoms with Crippen LogP contribution in [-0.2, 0) is 4.74 Å². The number of carbonyl (C=O) groups is 1. The van der Waals surface area contributed by atoms with Crippen molar-refractivity contribution in [2.24, 2.45) is 0 Å². The largest absolute Gasteiger partial charge is 0.465 e. The van der Waals surface area contributed by atoms with Gasteiger partial charge in [-0.25, -0.2) is 9.78 Å². The van der Waals surface area contributed by atoms with Crippen LogP contribution in [0.2, 0.25) is 0 Å². The third-order valence-electron chi connectivity index (χ3n) is 3.52. The number of fused-ring (bicyclic) bond motifs is 2. The Bertz CT molecular complexity index is 432. The van der Waals surface area contributed by atoms with Crippen LogP contribution >= 0.6 is 0 Å². The molecule has 2 bridgehead atoms. The van der Waals surface area contributed by atoms with Gasteiger partial charge in [0.15, 0.2) is 0 Å². The first-order chi connectivity index (χ1) is 8.28. The molecule has 1 aromatic rings. The maximum Gasteiger partial charge on any atom is 0.339 e. The van der Waals surface area contributed by atoms with Crippen molar-refractivity contribution in [2.45, 2.75) is 18.5 Å². The van der Waals surface area contributed by atoms with Crippen LogP contribution < -0.4 is 10.2 Å². The van der Waals surface area contributed by atoms with Crippen molar-refractivity contribution in [3.8, 4) is 0 Å². The van der Waals surface area contributed by atoms with E-state index < -0.39 is 0 Å². The highest BCUT2D eigenvalue weighted by Gasteiger charge is 2.38. The topological polar surface area (TPSA) is 54.5 Å². The molecule has 0 aromatic carbocycles. The number of methoxy groups -OCH3 is 1. The molecule has 0 saturated carbocycles. The summed E-state index contributed by atoms with van der Waals surface area (Å²) >= 11 is 0. The molecule has 0 radical (unpaired) electrons. The number of anilines is 1. The first-order valence-electron chi connectivity index (χ1n) is 5.82. The summed E-state index contributed by atoms with van der Waals surface area (Å²) in [6.07, 6.45) is 2.78. The zero-order chi connectivity index (χ0) is 11.8. The van der Waals surface area contributed by atoms with Crippen LogP contribution in [0.5, 0.6) is 0 Å². The van der Waals surface area contributed by atoms with Crippen molar-refractivity contribution >= 4 is 11.8 Å². The molecule has 0 spiro atoms. The molecule has 2 atom stereocenters. The Morgan fingerprint density at radius 3 is 3.00 bits per heavy atom. The van der Waals surface area contributed by atoms with E-state index in [2.05, 4.69) is 19.9 Å². The van der Waals surface area contributed by atoms with Crippen molar-refractivity contribution in [2.75, 3.05) is 25.1 Å². The van der Waals surface area contributed by atoms with Gasteiger partial charge in [-0.05, 0) is 18.6 Å². The lowest BCUT2D eigenvalue weighted by Crippen LogP contribution is -2.43. The summed E-state index contributed by atoms with van der Waals surface area (Å²) in [7, 11) is 1.38. The summed E-state index contributed by atoms with van der Waals surface area (Å²) in [6.45, 7) is 2.04. The van der Waals surface area contributed by atoms with Crippen LogP contribution in [0, 0.1) is 0 Å². The third-order valence-corrected chi connectivity index (χ3v) is 3.52. The Labute approximate surface area is 99.8 Å². The smallest absolute Gasteiger partial charge is 0.339 e. The number of hydrogen-bond donors (Lipinski definition) is 1. The molecule has 1 N–H and O–H groups in total. The molecular formula is C12H15N3O2. The molecule has 0 amide bonds. The van der Waals surface area contributed by atoms with E-state index in [1.54, 1.807) is 12.3 Å². The van der Waals surface area contributed by atoms with Gasteiger partial charge in [0, 0.05) is 31.4 Å². The Kier molecular flexibility index (Phi) is 2.48. The summed E-state index contributed by atoms with van der Waals surface area (Å²) in [5.41, 5.74) is 0.499. The molecule has 2 saturated heterocycles. The zero-order valence-corrected chi connectivity index (χ0v) is 9.72. The fourth-order valence-corrected chi connectivity index (χ4v) is 2.64. The number of rotatable bonds is 2. The minimum atomic E-state index is -0.339. The summed E-state index contributed by atoms with van der Waals surface area (Å²) in [5, 5.41) is 3.45. The van der Waals surface area contributed by atoms with Gasteiger partial charge in [0.1, 0.15) is 5.82 Å². The number of carbonyl (C=O) groups excluding carboxylic acids is 1. The number of nitrogens with zero attached hydrogens (tertiary/aromatic N) is 2. The number of ether oxygens (including phenoxy) is 1. The normalized spacial score (nSPS) is 26.3. The van der Waals surface area contributed by atoms with E-state index in [0.717, 1.165) is 18.9 Å². The maximum atomic E-state index is 11.3. The first-order valence-corrected chi connectivity index (χ1v) is 5.82. The molecule has 3 rings (SSSR count). The number of aromatic nitrogens is 1. The number of esters is 1. The fraction of sp³-hybridized carbons (Fsp3) is 0.500. The summed E-state index contributed by atoms with van der Waals surface area (Å²) in [5.74, 6) is 0.611. The van der Waals surface area contributed by atoms with Crippen LogP contribution in [0.25, 0.3) is 0 Å². The minimum Gasteiger partial charge on any atom is -0.465 e. The van der Waals surface area contributed by atoms with Crippen molar-refractivity contribution in [1.82, 2.24) is 10.3 Å². The summed E-state index contributed by atoms with van der Waals surface area (Å²) in [6, 6.07) is 4.82. The monoisotopic (exact) mass is 233 g/mol. The summed E-state index contributed by atoms with van der Waals surface area (Å²) in [4.78, 5) is 17.9. The molecule has 2 aliphatic rings. The Balaban J connectivity index is 1.78. The van der Waals surface area contributed by atoms with E-state index in [-0.39, 0.29) is 5.97 Å². The zero-order valence-electron chi connectivity index (χ0n) is 9.72. The van der Waals surface area contributed by atoms with Crippen molar-refractivity contribution < 1.29 is 9.53 Å². The number of hydrogen-bond acceptors (Lipinski definition) is 5. The highest BCUT2D eigenvalue weighted by atomic mass is 16.5. The second kappa shape index (κ2) is 4.00. The van der Waals surface area contributed by atoms with E-state index in [4.69, 9.17) is 0 Å². The Morgan fingerprint density at radius 2 is 2.47 bits per heavy atom. The average molecular weight is 233 g/mol. The quantitative estimate of drug-likeness (QED) is 0.750. The van der Waals surface area contributed by atoms with Crippen molar-refractivity contribution in [3.63, 3.8) is 0 Å². The lowest BCUT2D eigenvalue weighted by atomic mass is 10.2. The van der Waals surface area contributed by atoms with Gasteiger partial charge in [-0.3, -0.25) is 0 Å². The molecule has 90 valence electrons. The highest BCUT2D eigenvalue weighted by molar-refractivity contribution is 5.89. The van der Waals surface area contributed by atoms with E-state index in [9.17, 15) is 4.79 Å². The second-order valence-corrected chi connectivity index (χ2v) is 4.54. The minimum absolute atomic E-state index is 0.339. The molecule has 2 aliphatic heterocycles. The van der Waals surface area contributed by atoms with Gasteiger partial charge in [0.25, 0.3) is 0 Å². The maximum absolute atomic E-state index is 11.3. The number of piperazine rings is 1. The van der Waals surface area contributed by atoms with E-state index in [1.165, 1.54) is 13.5 Å². The van der Waals surface area contributed by atoms with Crippen LogP contribution in [0.15, 0.2) is 18.3 Å². The first kappa shape index (κ1) is 10.5. The van der Waals surface area contributed by atoms with Gasteiger partial charge < -0.3 is 15.0 Å². The summed E-state index contributed by atoms with van der Waals surface area (Å²) < 4.78 is 4.65. The third kappa shape index (κ3) is 1.76. The predicted octanol–water partition coefficient (Wildman–Crippen LogP) is 0.419. The van der Waals surface area contributed by atoms with Crippen LogP contribution in [0.3, 0.4) is 0 Å². The second-order valence-electron chi connectivity index (χ2n) is 4.54. The van der Waals surface area contributed by atoms with Gasteiger partial charge in [0.2, 0.25) is 0 Å². The molecule has 5 nitrogen and oxygen atoms in total. The molecular weight excluding hydrogens is 218 g/mol. The lowest BCUT2D eigenvalue weighted by molar-refractivity contribution is 0.0600. The molecule has 2 fully saturated rings. The highest BCUT2D eigenvalue weighted by Crippen LogP contribution is 2.27. The number of pyridine rings is 1. The van der Waals surface area contributed by atoms with Gasteiger partial charge in [0.05, 0.1) is 12.7 Å². The van der Waals surface area contributed by atoms with Crippen molar-refractivity contribution in [3.05, 3.63) is 23.9 Å². The molecule has 2 unspecified atom stereocenters. The molecule has 17 heavy (non-hydrogen) atoms. The molecule has 1 aromatic heterocycles. The van der Waals surface area contributed by atoms with E-state index in [0.29, 0.717) is 17.6 Å². The van der Waals surface area contributed by atoms with Gasteiger partial charge in [-0.2, -0.15) is 0 Å². The number of nitrogens with one attached hydrogen (secondary N) is 1. The average Bonchev–Trinajstić information content (AvgIpc) is 3.00. The van der Waals surface area contributed by atoms with E-state index >= 15 is 0 Å². The molecule has 5 heteroatoms. The Hall–Kier alpha value is -1.62. The van der Waals surface area contributed by atoms with Crippen LogP contribution in [0.4, 0.5) is 5.82 Å². The van der Waals surface area contributed by atoms with Crippen LogP contribution in [0.1, 0.15) is 16.8 Å². The van der Waals surface area contributed by atoms with Crippen LogP contribution in [-0.4, -0.2) is 43.2 Å².